The summed E-state index contributed by atoms with van der Waals surface area (Å²) in [6, 6.07) is 6.83. The first-order valence-electron chi connectivity index (χ1n) is 8.51. The minimum Gasteiger partial charge on any atom is -0.385 e. The number of aromatic nitrogens is 2. The summed E-state index contributed by atoms with van der Waals surface area (Å²) >= 11 is 3.34. The highest BCUT2D eigenvalue weighted by atomic mass is 79.9. The van der Waals surface area contributed by atoms with Gasteiger partial charge in [0.2, 0.25) is 10.0 Å². The Hall–Kier alpha value is -1.55. The summed E-state index contributed by atoms with van der Waals surface area (Å²) in [7, 11) is -3.49. The van der Waals surface area contributed by atoms with Gasteiger partial charge in [0, 0.05) is 47.8 Å². The van der Waals surface area contributed by atoms with Crippen molar-refractivity contribution in [1.82, 2.24) is 14.3 Å². The van der Waals surface area contributed by atoms with Crippen molar-refractivity contribution in [2.24, 2.45) is 0 Å². The van der Waals surface area contributed by atoms with Crippen LogP contribution < -0.4 is 4.90 Å². The van der Waals surface area contributed by atoms with Crippen LogP contribution in [0, 0.1) is 0 Å². The minimum atomic E-state index is -3.49. The van der Waals surface area contributed by atoms with E-state index in [1.54, 1.807) is 34.8 Å². The number of aliphatic hydroxyl groups is 1. The molecule has 2 saturated heterocycles. The first-order chi connectivity index (χ1) is 12.4. The lowest BCUT2D eigenvalue weighted by Crippen LogP contribution is -2.49. The van der Waals surface area contributed by atoms with Crippen LogP contribution in [0.4, 0.5) is 5.82 Å². The molecule has 6 rings (SSSR count). The fraction of sp³-hybridized carbons (Fsp3) is 0.412. The monoisotopic (exact) mass is 436 g/mol. The van der Waals surface area contributed by atoms with Gasteiger partial charge in [0.15, 0.2) is 5.82 Å². The van der Waals surface area contributed by atoms with Crippen LogP contribution in [0.1, 0.15) is 23.9 Å². The van der Waals surface area contributed by atoms with Crippen LogP contribution in [0.15, 0.2) is 39.8 Å². The number of piperazine rings is 1. The van der Waals surface area contributed by atoms with Crippen molar-refractivity contribution in [3.8, 4) is 0 Å². The maximum absolute atomic E-state index is 13.0. The largest absolute Gasteiger partial charge is 0.385 e. The van der Waals surface area contributed by atoms with Crippen LogP contribution in [-0.4, -0.2) is 53.0 Å². The Labute approximate surface area is 159 Å². The molecule has 4 bridgehead atoms. The molecule has 0 saturated carbocycles. The highest BCUT2D eigenvalue weighted by Crippen LogP contribution is 2.40. The number of anilines is 1. The SMILES string of the molecule is O=S(=O)(c1ccc(Br)cc1)N1CC2CC1CN2c1nc2ncc1C[C@H]2O. The third kappa shape index (κ3) is 2.41. The number of hydrogen-bond acceptors (Lipinski definition) is 6. The van der Waals surface area contributed by atoms with E-state index in [-0.39, 0.29) is 12.1 Å². The van der Waals surface area contributed by atoms with Crippen LogP contribution in [0.5, 0.6) is 0 Å². The Kier molecular flexibility index (Phi) is 3.66. The second-order valence-electron chi connectivity index (χ2n) is 7.02. The molecular formula is C17H17BrN4O3S. The molecule has 0 amide bonds. The van der Waals surface area contributed by atoms with E-state index in [1.807, 2.05) is 0 Å². The molecule has 2 fully saturated rings. The molecule has 3 atom stereocenters. The highest BCUT2D eigenvalue weighted by Gasteiger charge is 2.49. The van der Waals surface area contributed by atoms with Gasteiger partial charge in [0.1, 0.15) is 11.9 Å². The van der Waals surface area contributed by atoms with Crippen molar-refractivity contribution in [3.63, 3.8) is 0 Å². The van der Waals surface area contributed by atoms with Gasteiger partial charge < -0.3 is 10.0 Å². The van der Waals surface area contributed by atoms with E-state index in [1.165, 1.54) is 0 Å². The van der Waals surface area contributed by atoms with Crippen molar-refractivity contribution in [2.45, 2.75) is 35.9 Å². The lowest BCUT2D eigenvalue weighted by atomic mass is 10.0. The van der Waals surface area contributed by atoms with E-state index >= 15 is 0 Å². The first kappa shape index (κ1) is 16.6. The number of rotatable bonds is 3. The van der Waals surface area contributed by atoms with E-state index in [4.69, 9.17) is 0 Å². The Balaban J connectivity index is 1.40. The Morgan fingerprint density at radius 1 is 1.15 bits per heavy atom. The van der Waals surface area contributed by atoms with Gasteiger partial charge >= 0.3 is 0 Å². The van der Waals surface area contributed by atoms with Crippen LogP contribution in [-0.2, 0) is 16.4 Å². The Bertz CT molecular complexity index is 982. The standard InChI is InChI=1S/C17H17BrN4O3S/c18-11-1-3-14(4-2-11)26(24,25)22-9-12-6-13(22)8-21(12)17-10-5-15(23)16(20-17)19-7-10/h1-4,7,12-13,15,23H,5-6,8-9H2/t12?,13?,15-/m1/s1. The number of fused-ring (bicyclic) bond motifs is 5. The molecule has 2 aromatic rings. The van der Waals surface area contributed by atoms with Crippen LogP contribution in [0.2, 0.25) is 0 Å². The van der Waals surface area contributed by atoms with E-state index in [9.17, 15) is 13.5 Å². The fourth-order valence-electron chi connectivity index (χ4n) is 4.19. The van der Waals surface area contributed by atoms with Crippen molar-refractivity contribution in [1.29, 1.82) is 0 Å². The van der Waals surface area contributed by atoms with E-state index < -0.39 is 16.1 Å². The molecule has 1 aromatic heterocycles. The lowest BCUT2D eigenvalue weighted by Gasteiger charge is -2.36. The summed E-state index contributed by atoms with van der Waals surface area (Å²) in [5.74, 6) is 1.31. The van der Waals surface area contributed by atoms with Gasteiger partial charge in [0.05, 0.1) is 4.90 Å². The molecule has 0 aliphatic carbocycles. The number of sulfonamides is 1. The number of halogens is 1. The molecule has 0 spiro atoms. The van der Waals surface area contributed by atoms with Gasteiger partial charge in [-0.05, 0) is 30.7 Å². The molecule has 7 nitrogen and oxygen atoms in total. The van der Waals surface area contributed by atoms with Gasteiger partial charge in [-0.3, -0.25) is 0 Å². The number of aliphatic hydroxyl groups excluding tert-OH is 1. The van der Waals surface area contributed by atoms with E-state index in [0.717, 1.165) is 22.3 Å². The summed E-state index contributed by atoms with van der Waals surface area (Å²) in [5.41, 5.74) is 0.933. The van der Waals surface area contributed by atoms with Gasteiger partial charge in [-0.1, -0.05) is 15.9 Å². The van der Waals surface area contributed by atoms with E-state index in [2.05, 4.69) is 30.8 Å². The van der Waals surface area contributed by atoms with Gasteiger partial charge in [-0.2, -0.15) is 4.31 Å². The van der Waals surface area contributed by atoms with E-state index in [0.29, 0.717) is 30.2 Å². The third-order valence-corrected chi connectivity index (χ3v) is 7.92. The third-order valence-electron chi connectivity index (χ3n) is 5.45. The molecule has 4 aliphatic heterocycles. The zero-order chi connectivity index (χ0) is 18.1. The maximum Gasteiger partial charge on any atom is 0.243 e. The molecular weight excluding hydrogens is 420 g/mol. The topological polar surface area (TPSA) is 86.6 Å². The molecule has 26 heavy (non-hydrogen) atoms. The van der Waals surface area contributed by atoms with Crippen molar-refractivity contribution in [3.05, 3.63) is 46.3 Å². The highest BCUT2D eigenvalue weighted by molar-refractivity contribution is 9.10. The zero-order valence-corrected chi connectivity index (χ0v) is 16.2. The molecule has 9 heteroatoms. The zero-order valence-electron chi connectivity index (χ0n) is 13.8. The van der Waals surface area contributed by atoms with Crippen molar-refractivity contribution >= 4 is 31.8 Å². The minimum absolute atomic E-state index is 0.0516. The van der Waals surface area contributed by atoms with Gasteiger partial charge in [-0.25, -0.2) is 18.4 Å². The van der Waals surface area contributed by atoms with Crippen LogP contribution in [0.25, 0.3) is 0 Å². The lowest BCUT2D eigenvalue weighted by molar-refractivity contribution is 0.161. The number of nitrogens with zero attached hydrogens (tertiary/aromatic N) is 4. The quantitative estimate of drug-likeness (QED) is 0.783. The molecule has 136 valence electrons. The van der Waals surface area contributed by atoms with Crippen molar-refractivity contribution < 1.29 is 13.5 Å². The van der Waals surface area contributed by atoms with Crippen LogP contribution >= 0.6 is 15.9 Å². The average Bonchev–Trinajstić information content (AvgIpc) is 3.23. The maximum atomic E-state index is 13.0. The van der Waals surface area contributed by atoms with Crippen LogP contribution in [0.3, 0.4) is 0 Å². The Morgan fingerprint density at radius 2 is 1.92 bits per heavy atom. The molecule has 2 unspecified atom stereocenters. The summed E-state index contributed by atoms with van der Waals surface area (Å²) in [5, 5.41) is 9.90. The number of benzene rings is 1. The summed E-state index contributed by atoms with van der Waals surface area (Å²) in [6.45, 7) is 1.09. The summed E-state index contributed by atoms with van der Waals surface area (Å²) < 4.78 is 28.5. The predicted octanol–water partition coefficient (Wildman–Crippen LogP) is 1.48. The molecule has 5 heterocycles. The van der Waals surface area contributed by atoms with Crippen molar-refractivity contribution in [2.75, 3.05) is 18.0 Å². The second-order valence-corrected chi connectivity index (χ2v) is 9.83. The fourth-order valence-corrected chi connectivity index (χ4v) is 6.12. The smallest absolute Gasteiger partial charge is 0.243 e. The molecule has 4 aliphatic rings. The first-order valence-corrected chi connectivity index (χ1v) is 10.7. The summed E-state index contributed by atoms with van der Waals surface area (Å²) in [6.07, 6.45) is 2.49. The normalized spacial score (nSPS) is 27.5. The predicted molar refractivity (Wildman–Crippen MR) is 98.3 cm³/mol. The average molecular weight is 437 g/mol. The Morgan fingerprint density at radius 3 is 2.50 bits per heavy atom. The molecule has 1 aromatic carbocycles. The second kappa shape index (κ2) is 5.72. The number of hydrogen-bond donors (Lipinski definition) is 1. The molecule has 1 N–H and O–H groups in total. The summed E-state index contributed by atoms with van der Waals surface area (Å²) in [4.78, 5) is 11.1. The van der Waals surface area contributed by atoms with Gasteiger partial charge in [0.25, 0.3) is 0 Å². The van der Waals surface area contributed by atoms with Gasteiger partial charge in [-0.15, -0.1) is 0 Å². The molecule has 0 radical (unpaired) electrons.